The van der Waals surface area contributed by atoms with Crippen LogP contribution >= 0.6 is 11.8 Å². The van der Waals surface area contributed by atoms with Crippen LogP contribution in [0.2, 0.25) is 0 Å². The van der Waals surface area contributed by atoms with Gasteiger partial charge < -0.3 is 19.7 Å². The number of nitrogens with zero attached hydrogens (tertiary/aromatic N) is 3. The molecule has 1 heterocycles. The lowest BCUT2D eigenvalue weighted by Crippen LogP contribution is -2.50. The largest absolute Gasteiger partial charge is 0.353 e. The Morgan fingerprint density at radius 3 is 2.39 bits per heavy atom. The Morgan fingerprint density at radius 2 is 1.82 bits per heavy atom. The Balaban J connectivity index is 1.75. The van der Waals surface area contributed by atoms with Gasteiger partial charge in [-0.3, -0.25) is 4.79 Å². The predicted octanol–water partition coefficient (Wildman–Crippen LogP) is 5.60. The molecule has 3 amide bonds. The standard InChI is InChI=1S/C26H38N4O2S/c1-20(2)17-29(18-23-11-8-16-28(23)3)25(31)19-30(22-9-6-5-7-10-22)26(32)27-21-12-14-24(33-4)15-13-21/h8,11-16,20,22H,5-7,9-10,17-19H2,1-4H3,(H,27,32). The molecule has 0 spiro atoms. The first kappa shape index (κ1) is 25.2. The van der Waals surface area contributed by atoms with E-state index in [1.54, 1.807) is 16.7 Å². The van der Waals surface area contributed by atoms with Gasteiger partial charge in [0, 0.05) is 42.1 Å². The molecular weight excluding hydrogens is 432 g/mol. The third-order valence-electron chi connectivity index (χ3n) is 6.27. The van der Waals surface area contributed by atoms with Crippen molar-refractivity contribution in [2.24, 2.45) is 13.0 Å². The summed E-state index contributed by atoms with van der Waals surface area (Å²) < 4.78 is 2.05. The lowest BCUT2D eigenvalue weighted by Gasteiger charge is -2.35. The summed E-state index contributed by atoms with van der Waals surface area (Å²) in [5.74, 6) is 0.351. The first-order valence-corrected chi connectivity index (χ1v) is 13.2. The van der Waals surface area contributed by atoms with Crippen LogP contribution in [0.5, 0.6) is 0 Å². The molecule has 1 fully saturated rings. The van der Waals surface area contributed by atoms with Crippen LogP contribution in [0.1, 0.15) is 51.6 Å². The Kier molecular flexibility index (Phi) is 9.30. The highest BCUT2D eigenvalue weighted by Crippen LogP contribution is 2.24. The van der Waals surface area contributed by atoms with Crippen LogP contribution in [-0.4, -0.2) is 51.7 Å². The van der Waals surface area contributed by atoms with Crippen molar-refractivity contribution in [3.05, 3.63) is 48.3 Å². The first-order valence-electron chi connectivity index (χ1n) is 12.0. The van der Waals surface area contributed by atoms with Crippen LogP contribution < -0.4 is 5.32 Å². The molecule has 7 heteroatoms. The highest BCUT2D eigenvalue weighted by atomic mass is 32.2. The third-order valence-corrected chi connectivity index (χ3v) is 7.01. The van der Waals surface area contributed by atoms with Crippen molar-refractivity contribution < 1.29 is 9.59 Å². The normalized spacial score (nSPS) is 14.3. The second kappa shape index (κ2) is 12.2. The summed E-state index contributed by atoms with van der Waals surface area (Å²) in [7, 11) is 2.00. The molecule has 0 radical (unpaired) electrons. The van der Waals surface area contributed by atoms with E-state index in [0.717, 1.165) is 42.0 Å². The van der Waals surface area contributed by atoms with Gasteiger partial charge in [0.15, 0.2) is 0 Å². The number of carbonyl (C=O) groups excluding carboxylic acids is 2. The molecule has 2 aromatic rings. The molecule has 1 aliphatic carbocycles. The molecule has 1 N–H and O–H groups in total. The van der Waals surface area contributed by atoms with Gasteiger partial charge in [0.05, 0.1) is 6.54 Å². The summed E-state index contributed by atoms with van der Waals surface area (Å²) in [6.45, 7) is 5.57. The van der Waals surface area contributed by atoms with Gasteiger partial charge in [-0.15, -0.1) is 11.8 Å². The molecule has 0 unspecified atom stereocenters. The molecule has 1 aliphatic rings. The minimum absolute atomic E-state index is 0.00311. The predicted molar refractivity (Wildman–Crippen MR) is 136 cm³/mol. The molecule has 3 rings (SSSR count). The zero-order valence-electron chi connectivity index (χ0n) is 20.4. The van der Waals surface area contributed by atoms with Crippen molar-refractivity contribution >= 4 is 29.4 Å². The zero-order valence-corrected chi connectivity index (χ0v) is 21.2. The lowest BCUT2D eigenvalue weighted by atomic mass is 9.94. The Hall–Kier alpha value is -2.41. The Labute approximate surface area is 202 Å². The highest BCUT2D eigenvalue weighted by Gasteiger charge is 2.29. The van der Waals surface area contributed by atoms with Gasteiger partial charge in [-0.25, -0.2) is 4.79 Å². The fourth-order valence-electron chi connectivity index (χ4n) is 4.43. The number of anilines is 1. The Morgan fingerprint density at radius 1 is 1.12 bits per heavy atom. The van der Waals surface area contributed by atoms with E-state index in [2.05, 4.69) is 19.2 Å². The molecule has 33 heavy (non-hydrogen) atoms. The van der Waals surface area contributed by atoms with E-state index in [-0.39, 0.29) is 24.5 Å². The molecule has 1 aromatic heterocycles. The van der Waals surface area contributed by atoms with Crippen LogP contribution in [0.3, 0.4) is 0 Å². The summed E-state index contributed by atoms with van der Waals surface area (Å²) in [4.78, 5) is 31.7. The highest BCUT2D eigenvalue weighted by molar-refractivity contribution is 7.98. The molecule has 0 aliphatic heterocycles. The summed E-state index contributed by atoms with van der Waals surface area (Å²) in [6, 6.07) is 11.8. The number of benzene rings is 1. The van der Waals surface area contributed by atoms with Crippen molar-refractivity contribution in [1.29, 1.82) is 0 Å². The fraction of sp³-hybridized carbons (Fsp3) is 0.538. The SMILES string of the molecule is CSc1ccc(NC(=O)N(CC(=O)N(Cc2cccn2C)CC(C)C)C2CCCCC2)cc1. The number of urea groups is 1. The maximum atomic E-state index is 13.5. The second-order valence-electron chi connectivity index (χ2n) is 9.36. The summed E-state index contributed by atoms with van der Waals surface area (Å²) in [6.07, 6.45) is 9.33. The topological polar surface area (TPSA) is 57.6 Å². The van der Waals surface area contributed by atoms with Gasteiger partial charge >= 0.3 is 6.03 Å². The molecule has 0 atom stereocenters. The molecular formula is C26H38N4O2S. The second-order valence-corrected chi connectivity index (χ2v) is 10.2. The van der Waals surface area contributed by atoms with E-state index in [1.807, 2.05) is 65.4 Å². The van der Waals surface area contributed by atoms with Gasteiger partial charge in [-0.2, -0.15) is 0 Å². The lowest BCUT2D eigenvalue weighted by molar-refractivity contribution is -0.133. The van der Waals surface area contributed by atoms with E-state index in [1.165, 1.54) is 6.42 Å². The van der Waals surface area contributed by atoms with E-state index in [4.69, 9.17) is 0 Å². The van der Waals surface area contributed by atoms with E-state index in [0.29, 0.717) is 19.0 Å². The number of thioether (sulfide) groups is 1. The zero-order chi connectivity index (χ0) is 23.8. The van der Waals surface area contributed by atoms with E-state index in [9.17, 15) is 9.59 Å². The third kappa shape index (κ3) is 7.29. The number of amides is 3. The quantitative estimate of drug-likeness (QED) is 0.486. The van der Waals surface area contributed by atoms with Crippen molar-refractivity contribution in [2.75, 3.05) is 24.7 Å². The average Bonchev–Trinajstić information content (AvgIpc) is 3.21. The van der Waals surface area contributed by atoms with Crippen molar-refractivity contribution in [3.63, 3.8) is 0 Å². The van der Waals surface area contributed by atoms with Crippen LogP contribution in [0.4, 0.5) is 10.5 Å². The first-order chi connectivity index (χ1) is 15.9. The number of aryl methyl sites for hydroxylation is 1. The average molecular weight is 471 g/mol. The molecule has 180 valence electrons. The van der Waals surface area contributed by atoms with Gasteiger partial charge in [-0.1, -0.05) is 33.1 Å². The van der Waals surface area contributed by atoms with Gasteiger partial charge in [0.1, 0.15) is 6.54 Å². The maximum absolute atomic E-state index is 13.5. The van der Waals surface area contributed by atoms with Crippen molar-refractivity contribution in [1.82, 2.24) is 14.4 Å². The summed E-state index contributed by atoms with van der Waals surface area (Å²) >= 11 is 1.67. The number of rotatable bonds is 9. The minimum Gasteiger partial charge on any atom is -0.353 e. The summed E-state index contributed by atoms with van der Waals surface area (Å²) in [5, 5.41) is 3.03. The van der Waals surface area contributed by atoms with Crippen LogP contribution in [0.25, 0.3) is 0 Å². The number of hydrogen-bond acceptors (Lipinski definition) is 3. The smallest absolute Gasteiger partial charge is 0.322 e. The summed E-state index contributed by atoms with van der Waals surface area (Å²) in [5.41, 5.74) is 1.85. The van der Waals surface area contributed by atoms with Crippen molar-refractivity contribution in [3.8, 4) is 0 Å². The van der Waals surface area contributed by atoms with E-state index >= 15 is 0 Å². The molecule has 1 aromatic carbocycles. The van der Waals surface area contributed by atoms with Gasteiger partial charge in [-0.05, 0) is 61.4 Å². The van der Waals surface area contributed by atoms with Crippen LogP contribution in [-0.2, 0) is 18.4 Å². The van der Waals surface area contributed by atoms with Gasteiger partial charge in [0.2, 0.25) is 5.91 Å². The molecule has 6 nitrogen and oxygen atoms in total. The maximum Gasteiger partial charge on any atom is 0.322 e. The van der Waals surface area contributed by atoms with Gasteiger partial charge in [0.25, 0.3) is 0 Å². The van der Waals surface area contributed by atoms with Crippen molar-refractivity contribution in [2.45, 2.75) is 63.4 Å². The molecule has 0 bridgehead atoms. The molecule has 0 saturated heterocycles. The van der Waals surface area contributed by atoms with Crippen LogP contribution in [0, 0.1) is 5.92 Å². The van der Waals surface area contributed by atoms with E-state index < -0.39 is 0 Å². The number of carbonyl (C=O) groups is 2. The number of aromatic nitrogens is 1. The number of nitrogens with one attached hydrogen (secondary N) is 1. The monoisotopic (exact) mass is 470 g/mol. The Bertz CT molecular complexity index is 903. The minimum atomic E-state index is -0.185. The van der Waals surface area contributed by atoms with Crippen LogP contribution in [0.15, 0.2) is 47.5 Å². The number of hydrogen-bond donors (Lipinski definition) is 1. The molecule has 1 saturated carbocycles. The fourth-order valence-corrected chi connectivity index (χ4v) is 4.83.